The molecule has 1 amide bonds. The third-order valence-electron chi connectivity index (χ3n) is 3.66. The monoisotopic (exact) mass is 265 g/mol. The van der Waals surface area contributed by atoms with Crippen molar-refractivity contribution < 1.29 is 9.32 Å². The average Bonchev–Trinajstić information content (AvgIpc) is 2.59. The molecule has 0 saturated carbocycles. The van der Waals surface area contributed by atoms with Crippen molar-refractivity contribution in [3.05, 3.63) is 11.3 Å². The summed E-state index contributed by atoms with van der Waals surface area (Å²) < 4.78 is 5.17. The Morgan fingerprint density at radius 3 is 2.63 bits per heavy atom. The number of carbonyl (C=O) groups excluding carboxylic acids is 1. The Morgan fingerprint density at radius 2 is 2.00 bits per heavy atom. The van der Waals surface area contributed by atoms with E-state index < -0.39 is 0 Å². The summed E-state index contributed by atoms with van der Waals surface area (Å²) in [5.41, 5.74) is 1.84. The Bertz CT molecular complexity index is 420. The molecule has 1 fully saturated rings. The molecule has 106 valence electrons. The van der Waals surface area contributed by atoms with E-state index in [2.05, 4.69) is 15.4 Å². The van der Waals surface area contributed by atoms with Gasteiger partial charge < -0.3 is 4.52 Å². The summed E-state index contributed by atoms with van der Waals surface area (Å²) in [7, 11) is 0. The van der Waals surface area contributed by atoms with Gasteiger partial charge >= 0.3 is 0 Å². The minimum Gasteiger partial charge on any atom is -0.338 e. The normalized spacial score (nSPS) is 17.2. The van der Waals surface area contributed by atoms with Gasteiger partial charge in [-0.3, -0.25) is 15.0 Å². The maximum Gasteiger partial charge on any atom is 0.240 e. The highest BCUT2D eigenvalue weighted by atomic mass is 16.5. The molecule has 0 aliphatic carbocycles. The van der Waals surface area contributed by atoms with E-state index in [1.807, 2.05) is 13.8 Å². The number of anilines is 1. The Labute approximate surface area is 114 Å². The van der Waals surface area contributed by atoms with Crippen molar-refractivity contribution in [2.75, 3.05) is 25.0 Å². The lowest BCUT2D eigenvalue weighted by molar-refractivity contribution is -0.117. The largest absolute Gasteiger partial charge is 0.338 e. The number of hydrogen-bond donors (Lipinski definition) is 1. The molecule has 0 spiro atoms. The molecule has 1 aliphatic heterocycles. The van der Waals surface area contributed by atoms with Crippen LogP contribution in [0.2, 0.25) is 0 Å². The minimum atomic E-state index is -0.00671. The average molecular weight is 265 g/mol. The predicted octanol–water partition coefficient (Wildman–Crippen LogP) is 2.36. The van der Waals surface area contributed by atoms with Crippen molar-refractivity contribution in [1.29, 1.82) is 0 Å². The summed E-state index contributed by atoms with van der Waals surface area (Å²) in [6.07, 6.45) is 5.75. The Hall–Kier alpha value is -1.36. The van der Waals surface area contributed by atoms with Crippen LogP contribution in [0.1, 0.15) is 43.9 Å². The second kappa shape index (κ2) is 6.70. The summed E-state index contributed by atoms with van der Waals surface area (Å²) in [6, 6.07) is 0. The summed E-state index contributed by atoms with van der Waals surface area (Å²) in [4.78, 5) is 14.2. The summed E-state index contributed by atoms with van der Waals surface area (Å²) in [5.74, 6) is 0.507. The van der Waals surface area contributed by atoms with Crippen LogP contribution >= 0.6 is 0 Å². The van der Waals surface area contributed by atoms with E-state index in [9.17, 15) is 4.79 Å². The fourth-order valence-electron chi connectivity index (χ4n) is 2.57. The molecular formula is C14H23N3O2. The van der Waals surface area contributed by atoms with E-state index in [0.717, 1.165) is 30.8 Å². The van der Waals surface area contributed by atoms with E-state index in [1.54, 1.807) is 0 Å². The number of nitrogens with zero attached hydrogens (tertiary/aromatic N) is 2. The summed E-state index contributed by atoms with van der Waals surface area (Å²) >= 11 is 0. The lowest BCUT2D eigenvalue weighted by atomic mass is 10.2. The smallest absolute Gasteiger partial charge is 0.240 e. The van der Waals surface area contributed by atoms with Crippen LogP contribution in [0.4, 0.5) is 5.88 Å². The molecule has 2 rings (SSSR count). The summed E-state index contributed by atoms with van der Waals surface area (Å²) in [5, 5.41) is 6.74. The number of carbonyl (C=O) groups is 1. The number of nitrogens with one attached hydrogen (secondary N) is 1. The zero-order chi connectivity index (χ0) is 13.7. The number of aromatic nitrogens is 1. The third-order valence-corrected chi connectivity index (χ3v) is 3.66. The van der Waals surface area contributed by atoms with E-state index in [1.165, 1.54) is 25.7 Å². The zero-order valence-electron chi connectivity index (χ0n) is 11.9. The molecule has 1 aromatic heterocycles. The number of likely N-dealkylation sites (tertiary alicyclic amines) is 1. The minimum absolute atomic E-state index is 0.00671. The molecule has 1 aliphatic rings. The van der Waals surface area contributed by atoms with Gasteiger partial charge in [0.1, 0.15) is 0 Å². The van der Waals surface area contributed by atoms with Crippen LogP contribution < -0.4 is 5.32 Å². The van der Waals surface area contributed by atoms with Crippen LogP contribution in [0.3, 0.4) is 0 Å². The highest BCUT2D eigenvalue weighted by Crippen LogP contribution is 2.19. The Balaban J connectivity index is 1.89. The molecule has 1 N–H and O–H groups in total. The van der Waals surface area contributed by atoms with Gasteiger partial charge in [0.15, 0.2) is 0 Å². The highest BCUT2D eigenvalue weighted by molar-refractivity contribution is 5.91. The molecular weight excluding hydrogens is 242 g/mol. The van der Waals surface area contributed by atoms with E-state index >= 15 is 0 Å². The molecule has 5 heteroatoms. The fourth-order valence-corrected chi connectivity index (χ4v) is 2.57. The first-order valence-electron chi connectivity index (χ1n) is 7.18. The second-order valence-corrected chi connectivity index (χ2v) is 5.17. The van der Waals surface area contributed by atoms with Crippen molar-refractivity contribution in [1.82, 2.24) is 10.1 Å². The molecule has 1 saturated heterocycles. The first-order chi connectivity index (χ1) is 9.20. The van der Waals surface area contributed by atoms with Crippen molar-refractivity contribution in [2.45, 2.75) is 46.0 Å². The molecule has 0 atom stereocenters. The first-order valence-corrected chi connectivity index (χ1v) is 7.18. The zero-order valence-corrected chi connectivity index (χ0v) is 11.9. The topological polar surface area (TPSA) is 58.4 Å². The van der Waals surface area contributed by atoms with Gasteiger partial charge in [-0.15, -0.1) is 0 Å². The first kappa shape index (κ1) is 14.1. The van der Waals surface area contributed by atoms with E-state index in [4.69, 9.17) is 4.52 Å². The van der Waals surface area contributed by atoms with Gasteiger partial charge in [0, 0.05) is 5.56 Å². The number of amides is 1. The lowest BCUT2D eigenvalue weighted by Gasteiger charge is -2.18. The third kappa shape index (κ3) is 3.80. The van der Waals surface area contributed by atoms with Gasteiger partial charge in [-0.05, 0) is 39.3 Å². The number of rotatable bonds is 4. The highest BCUT2D eigenvalue weighted by Gasteiger charge is 2.17. The predicted molar refractivity (Wildman–Crippen MR) is 74.2 cm³/mol. The quantitative estimate of drug-likeness (QED) is 0.908. The summed E-state index contributed by atoms with van der Waals surface area (Å²) in [6.45, 7) is 6.41. The van der Waals surface area contributed by atoms with E-state index in [0.29, 0.717) is 12.4 Å². The molecule has 19 heavy (non-hydrogen) atoms. The lowest BCUT2D eigenvalue weighted by Crippen LogP contribution is -2.34. The van der Waals surface area contributed by atoms with Gasteiger partial charge in [0.25, 0.3) is 0 Å². The van der Waals surface area contributed by atoms with Gasteiger partial charge in [-0.25, -0.2) is 0 Å². The fraction of sp³-hybridized carbons (Fsp3) is 0.714. The molecule has 1 aromatic rings. The Morgan fingerprint density at radius 1 is 1.32 bits per heavy atom. The van der Waals surface area contributed by atoms with Gasteiger partial charge in [0.05, 0.1) is 12.2 Å². The maximum atomic E-state index is 12.0. The molecule has 5 nitrogen and oxygen atoms in total. The number of aryl methyl sites for hydroxylation is 1. The van der Waals surface area contributed by atoms with Crippen molar-refractivity contribution >= 4 is 11.8 Å². The van der Waals surface area contributed by atoms with Crippen molar-refractivity contribution in [3.8, 4) is 0 Å². The number of hydrogen-bond acceptors (Lipinski definition) is 4. The van der Waals surface area contributed by atoms with Crippen molar-refractivity contribution in [3.63, 3.8) is 0 Å². The van der Waals surface area contributed by atoms with E-state index in [-0.39, 0.29) is 5.91 Å². The van der Waals surface area contributed by atoms with Crippen LogP contribution in [0.5, 0.6) is 0 Å². The van der Waals surface area contributed by atoms with Crippen molar-refractivity contribution in [2.24, 2.45) is 0 Å². The Kier molecular flexibility index (Phi) is 4.96. The van der Waals surface area contributed by atoms with Crippen LogP contribution in [-0.2, 0) is 11.2 Å². The van der Waals surface area contributed by atoms with Crippen LogP contribution in [-0.4, -0.2) is 35.6 Å². The van der Waals surface area contributed by atoms with Gasteiger partial charge in [-0.1, -0.05) is 24.9 Å². The molecule has 0 aromatic carbocycles. The SMILES string of the molecule is CCc1c(C)noc1NC(=O)CN1CCCCCC1. The molecule has 2 heterocycles. The second-order valence-electron chi connectivity index (χ2n) is 5.17. The molecule has 0 radical (unpaired) electrons. The van der Waals surface area contributed by atoms with Gasteiger partial charge in [0.2, 0.25) is 11.8 Å². The maximum absolute atomic E-state index is 12.0. The van der Waals surface area contributed by atoms with Crippen LogP contribution in [0.15, 0.2) is 4.52 Å². The van der Waals surface area contributed by atoms with Crippen LogP contribution in [0, 0.1) is 6.92 Å². The van der Waals surface area contributed by atoms with Crippen LogP contribution in [0.25, 0.3) is 0 Å². The molecule has 0 unspecified atom stereocenters. The molecule has 0 bridgehead atoms. The standard InChI is InChI=1S/C14H23N3O2/c1-3-12-11(2)16-19-14(12)15-13(18)10-17-8-6-4-5-7-9-17/h3-10H2,1-2H3,(H,15,18). The van der Waals surface area contributed by atoms with Gasteiger partial charge in [-0.2, -0.15) is 0 Å².